The first-order valence-electron chi connectivity index (χ1n) is 6.99. The SMILES string of the molecule is COCCn1ncc(Cl)c1C(=O)CCCc1ccccc1. The van der Waals surface area contributed by atoms with E-state index in [1.807, 2.05) is 18.2 Å². The summed E-state index contributed by atoms with van der Waals surface area (Å²) in [6.45, 7) is 1.03. The molecule has 0 spiro atoms. The molecule has 0 unspecified atom stereocenters. The topological polar surface area (TPSA) is 44.1 Å². The van der Waals surface area contributed by atoms with Crippen LogP contribution in [0.1, 0.15) is 28.9 Å². The molecule has 5 heteroatoms. The molecule has 2 rings (SSSR count). The van der Waals surface area contributed by atoms with E-state index in [1.54, 1.807) is 11.8 Å². The molecule has 1 heterocycles. The zero-order chi connectivity index (χ0) is 15.1. The van der Waals surface area contributed by atoms with Crippen molar-refractivity contribution in [3.63, 3.8) is 0 Å². The first kappa shape index (κ1) is 15.7. The third kappa shape index (κ3) is 4.41. The molecule has 0 radical (unpaired) electrons. The molecule has 0 saturated carbocycles. The predicted molar refractivity (Wildman–Crippen MR) is 82.8 cm³/mol. The first-order chi connectivity index (χ1) is 10.2. The molecule has 2 aromatic rings. The minimum atomic E-state index is 0.0320. The van der Waals surface area contributed by atoms with E-state index in [-0.39, 0.29) is 5.78 Å². The zero-order valence-corrected chi connectivity index (χ0v) is 12.8. The van der Waals surface area contributed by atoms with E-state index in [9.17, 15) is 4.79 Å². The largest absolute Gasteiger partial charge is 0.383 e. The lowest BCUT2D eigenvalue weighted by atomic mass is 10.1. The van der Waals surface area contributed by atoms with Gasteiger partial charge in [0.05, 0.1) is 24.4 Å². The fourth-order valence-electron chi connectivity index (χ4n) is 2.20. The van der Waals surface area contributed by atoms with Crippen molar-refractivity contribution in [3.8, 4) is 0 Å². The monoisotopic (exact) mass is 306 g/mol. The van der Waals surface area contributed by atoms with Gasteiger partial charge in [-0.1, -0.05) is 41.9 Å². The molecule has 0 amide bonds. The van der Waals surface area contributed by atoms with Crippen LogP contribution in [0, 0.1) is 0 Å². The Kier molecular flexibility index (Phi) is 5.96. The summed E-state index contributed by atoms with van der Waals surface area (Å²) in [5.74, 6) is 0.0320. The molecule has 0 fully saturated rings. The highest BCUT2D eigenvalue weighted by Crippen LogP contribution is 2.18. The number of hydrogen-bond donors (Lipinski definition) is 0. The summed E-state index contributed by atoms with van der Waals surface area (Å²) in [5, 5.41) is 4.54. The molecule has 0 aliphatic rings. The van der Waals surface area contributed by atoms with E-state index in [4.69, 9.17) is 16.3 Å². The highest BCUT2D eigenvalue weighted by molar-refractivity contribution is 6.33. The lowest BCUT2D eigenvalue weighted by Crippen LogP contribution is -2.14. The summed E-state index contributed by atoms with van der Waals surface area (Å²) in [7, 11) is 1.62. The summed E-state index contributed by atoms with van der Waals surface area (Å²) in [6, 6.07) is 10.1. The number of hydrogen-bond acceptors (Lipinski definition) is 3. The normalized spacial score (nSPS) is 10.8. The fraction of sp³-hybridized carbons (Fsp3) is 0.375. The smallest absolute Gasteiger partial charge is 0.182 e. The third-order valence-electron chi connectivity index (χ3n) is 3.28. The van der Waals surface area contributed by atoms with Crippen LogP contribution >= 0.6 is 11.6 Å². The average Bonchev–Trinajstić information content (AvgIpc) is 2.87. The van der Waals surface area contributed by atoms with Gasteiger partial charge in [-0.05, 0) is 18.4 Å². The molecule has 0 aliphatic carbocycles. The number of halogens is 1. The molecule has 0 saturated heterocycles. The minimum Gasteiger partial charge on any atom is -0.383 e. The Hall–Kier alpha value is -1.65. The van der Waals surface area contributed by atoms with Crippen LogP contribution in [0.5, 0.6) is 0 Å². The van der Waals surface area contributed by atoms with E-state index < -0.39 is 0 Å². The van der Waals surface area contributed by atoms with Gasteiger partial charge in [-0.25, -0.2) is 0 Å². The van der Waals surface area contributed by atoms with Gasteiger partial charge in [0.15, 0.2) is 5.78 Å². The zero-order valence-electron chi connectivity index (χ0n) is 12.1. The number of ether oxygens (including phenoxy) is 1. The van der Waals surface area contributed by atoms with Crippen LogP contribution < -0.4 is 0 Å². The highest BCUT2D eigenvalue weighted by atomic mass is 35.5. The third-order valence-corrected chi connectivity index (χ3v) is 3.55. The van der Waals surface area contributed by atoms with Gasteiger partial charge in [-0.3, -0.25) is 9.48 Å². The number of ketones is 1. The molecule has 0 aliphatic heterocycles. The second kappa shape index (κ2) is 7.96. The maximum absolute atomic E-state index is 12.3. The van der Waals surface area contributed by atoms with E-state index in [0.29, 0.717) is 30.3 Å². The van der Waals surface area contributed by atoms with Crippen LogP contribution in [0.15, 0.2) is 36.5 Å². The van der Waals surface area contributed by atoms with E-state index in [2.05, 4.69) is 17.2 Å². The molecular formula is C16H19ClN2O2. The van der Waals surface area contributed by atoms with Crippen molar-refractivity contribution in [1.82, 2.24) is 9.78 Å². The molecular weight excluding hydrogens is 288 g/mol. The second-order valence-electron chi connectivity index (χ2n) is 4.82. The van der Waals surface area contributed by atoms with Gasteiger partial charge in [0.25, 0.3) is 0 Å². The molecule has 1 aromatic heterocycles. The van der Waals surface area contributed by atoms with Crippen LogP contribution in [-0.2, 0) is 17.7 Å². The van der Waals surface area contributed by atoms with Crippen molar-refractivity contribution >= 4 is 17.4 Å². The average molecular weight is 307 g/mol. The maximum atomic E-state index is 12.3. The minimum absolute atomic E-state index is 0.0320. The quantitative estimate of drug-likeness (QED) is 0.702. The van der Waals surface area contributed by atoms with Gasteiger partial charge in [0.1, 0.15) is 5.69 Å². The van der Waals surface area contributed by atoms with Gasteiger partial charge in [-0.15, -0.1) is 0 Å². The Bertz CT molecular complexity index is 581. The predicted octanol–water partition coefficient (Wildman–Crippen LogP) is 3.39. The Morgan fingerprint density at radius 2 is 2.10 bits per heavy atom. The first-order valence-corrected chi connectivity index (χ1v) is 7.37. The van der Waals surface area contributed by atoms with E-state index in [0.717, 1.165) is 12.8 Å². The van der Waals surface area contributed by atoms with Crippen LogP contribution in [0.25, 0.3) is 0 Å². The lowest BCUT2D eigenvalue weighted by Gasteiger charge is -2.07. The summed E-state index contributed by atoms with van der Waals surface area (Å²) in [5.41, 5.74) is 1.73. The summed E-state index contributed by atoms with van der Waals surface area (Å²) in [6.07, 6.45) is 3.67. The Morgan fingerprint density at radius 3 is 2.81 bits per heavy atom. The van der Waals surface area contributed by atoms with Crippen LogP contribution in [0.4, 0.5) is 0 Å². The second-order valence-corrected chi connectivity index (χ2v) is 5.23. The lowest BCUT2D eigenvalue weighted by molar-refractivity contribution is 0.0966. The van der Waals surface area contributed by atoms with Crippen molar-refractivity contribution in [2.75, 3.05) is 13.7 Å². The number of benzene rings is 1. The molecule has 4 nitrogen and oxygen atoms in total. The fourth-order valence-corrected chi connectivity index (χ4v) is 2.45. The molecule has 0 atom stereocenters. The van der Waals surface area contributed by atoms with Gasteiger partial charge >= 0.3 is 0 Å². The molecule has 0 bridgehead atoms. The van der Waals surface area contributed by atoms with Crippen molar-refractivity contribution < 1.29 is 9.53 Å². The Balaban J connectivity index is 1.92. The van der Waals surface area contributed by atoms with Gasteiger partial charge < -0.3 is 4.74 Å². The molecule has 1 aromatic carbocycles. The highest BCUT2D eigenvalue weighted by Gasteiger charge is 2.16. The number of nitrogens with zero attached hydrogens (tertiary/aromatic N) is 2. The maximum Gasteiger partial charge on any atom is 0.182 e. The Morgan fingerprint density at radius 1 is 1.33 bits per heavy atom. The molecule has 21 heavy (non-hydrogen) atoms. The summed E-state index contributed by atoms with van der Waals surface area (Å²) in [4.78, 5) is 12.3. The van der Waals surface area contributed by atoms with E-state index >= 15 is 0 Å². The number of methoxy groups -OCH3 is 1. The van der Waals surface area contributed by atoms with Crippen LogP contribution in [-0.4, -0.2) is 29.3 Å². The number of rotatable bonds is 8. The van der Waals surface area contributed by atoms with Gasteiger partial charge in [-0.2, -0.15) is 5.10 Å². The van der Waals surface area contributed by atoms with E-state index in [1.165, 1.54) is 11.8 Å². The number of aromatic nitrogens is 2. The van der Waals surface area contributed by atoms with Gasteiger partial charge in [0.2, 0.25) is 0 Å². The standard InChI is InChI=1S/C16H19ClN2O2/c1-21-11-10-19-16(14(17)12-18-19)15(20)9-5-8-13-6-3-2-4-7-13/h2-4,6-7,12H,5,8-11H2,1H3. The van der Waals surface area contributed by atoms with Crippen molar-refractivity contribution in [3.05, 3.63) is 52.8 Å². The number of carbonyl (C=O) groups excluding carboxylic acids is 1. The van der Waals surface area contributed by atoms with Crippen LogP contribution in [0.2, 0.25) is 5.02 Å². The number of carbonyl (C=O) groups is 1. The van der Waals surface area contributed by atoms with Crippen molar-refractivity contribution in [2.24, 2.45) is 0 Å². The van der Waals surface area contributed by atoms with Crippen molar-refractivity contribution in [2.45, 2.75) is 25.8 Å². The van der Waals surface area contributed by atoms with Crippen molar-refractivity contribution in [1.29, 1.82) is 0 Å². The van der Waals surface area contributed by atoms with Crippen LogP contribution in [0.3, 0.4) is 0 Å². The Labute approximate surface area is 129 Å². The molecule has 0 N–H and O–H groups in total. The van der Waals surface area contributed by atoms with Gasteiger partial charge in [0, 0.05) is 13.5 Å². The number of aryl methyl sites for hydroxylation is 1. The summed E-state index contributed by atoms with van der Waals surface area (Å²) < 4.78 is 6.64. The number of Topliss-reactive ketones (excluding diaryl/α,β-unsaturated/α-hetero) is 1. The summed E-state index contributed by atoms with van der Waals surface area (Å²) >= 11 is 6.07. The molecule has 112 valence electrons.